The summed E-state index contributed by atoms with van der Waals surface area (Å²) in [6, 6.07) is 6.84. The molecule has 2 N–H and O–H groups in total. The number of imidazole rings is 1. The number of fused-ring (bicyclic) bond motifs is 1. The zero-order valence-corrected chi connectivity index (χ0v) is 14.2. The van der Waals surface area contributed by atoms with Gasteiger partial charge in [0.2, 0.25) is 5.91 Å². The Morgan fingerprint density at radius 1 is 1.19 bits per heavy atom. The summed E-state index contributed by atoms with van der Waals surface area (Å²) in [4.78, 5) is 40.6. The van der Waals surface area contributed by atoms with Crippen LogP contribution in [-0.4, -0.2) is 45.4 Å². The minimum Gasteiger partial charge on any atom is -0.334 e. The van der Waals surface area contributed by atoms with Gasteiger partial charge in [-0.1, -0.05) is 12.1 Å². The van der Waals surface area contributed by atoms with E-state index in [1.807, 2.05) is 12.1 Å². The zero-order chi connectivity index (χ0) is 18.1. The molecular formula is C18H19N5O3. The van der Waals surface area contributed by atoms with Crippen molar-refractivity contribution in [2.75, 3.05) is 18.4 Å². The average Bonchev–Trinajstić information content (AvgIpc) is 3.21. The molecule has 1 aromatic carbocycles. The Bertz CT molecular complexity index is 832. The first-order chi connectivity index (χ1) is 12.6. The lowest BCUT2D eigenvalue weighted by Crippen LogP contribution is -2.38. The fourth-order valence-corrected chi connectivity index (χ4v) is 3.24. The predicted octanol–water partition coefficient (Wildman–Crippen LogP) is 1.38. The van der Waals surface area contributed by atoms with Gasteiger partial charge in [0.05, 0.1) is 12.2 Å². The van der Waals surface area contributed by atoms with Gasteiger partial charge < -0.3 is 15.2 Å². The summed E-state index contributed by atoms with van der Waals surface area (Å²) in [6.07, 6.45) is 5.45. The smallest absolute Gasteiger partial charge is 0.325 e. The van der Waals surface area contributed by atoms with Gasteiger partial charge in [-0.25, -0.2) is 9.78 Å². The number of nitrogens with one attached hydrogen (secondary N) is 2. The maximum absolute atomic E-state index is 12.0. The Balaban J connectivity index is 1.41. The summed E-state index contributed by atoms with van der Waals surface area (Å²) in [5.41, 5.74) is 2.52. The van der Waals surface area contributed by atoms with E-state index in [0.29, 0.717) is 5.69 Å². The Kier molecular flexibility index (Phi) is 4.16. The standard InChI is InChI=1S/C18H19N5O3/c24-16(11-23-17(25)9-19-18(23)26)20-13-6-4-12(5-7-13)14-10-22-8-2-1-3-15(22)21-14/h4-7,10H,1-3,8-9,11H2,(H,19,26)(H,20,24). The number of carbonyl (C=O) groups is 3. The highest BCUT2D eigenvalue weighted by molar-refractivity contribution is 6.06. The first-order valence-electron chi connectivity index (χ1n) is 8.65. The molecule has 2 aromatic rings. The van der Waals surface area contributed by atoms with E-state index in [4.69, 9.17) is 0 Å². The second kappa shape index (κ2) is 6.62. The summed E-state index contributed by atoms with van der Waals surface area (Å²) < 4.78 is 2.20. The molecule has 8 nitrogen and oxygen atoms in total. The van der Waals surface area contributed by atoms with Crippen LogP contribution in [-0.2, 0) is 22.6 Å². The molecule has 26 heavy (non-hydrogen) atoms. The first kappa shape index (κ1) is 16.3. The quantitative estimate of drug-likeness (QED) is 0.812. The van der Waals surface area contributed by atoms with Crippen LogP contribution >= 0.6 is 0 Å². The van der Waals surface area contributed by atoms with Crippen LogP contribution in [0.4, 0.5) is 10.5 Å². The van der Waals surface area contributed by atoms with E-state index in [2.05, 4.69) is 26.4 Å². The number of imide groups is 1. The zero-order valence-electron chi connectivity index (χ0n) is 14.2. The van der Waals surface area contributed by atoms with Gasteiger partial charge in [-0.15, -0.1) is 0 Å². The molecule has 8 heteroatoms. The summed E-state index contributed by atoms with van der Waals surface area (Å²) in [6.45, 7) is 0.662. The van der Waals surface area contributed by atoms with Crippen molar-refractivity contribution in [2.45, 2.75) is 25.8 Å². The molecule has 0 radical (unpaired) electrons. The number of amides is 4. The normalized spacial score (nSPS) is 16.4. The summed E-state index contributed by atoms with van der Waals surface area (Å²) in [5.74, 6) is 0.307. The van der Waals surface area contributed by atoms with Crippen molar-refractivity contribution >= 4 is 23.5 Å². The van der Waals surface area contributed by atoms with Crippen LogP contribution < -0.4 is 10.6 Å². The maximum atomic E-state index is 12.0. The Morgan fingerprint density at radius 2 is 2.00 bits per heavy atom. The van der Waals surface area contributed by atoms with Gasteiger partial charge >= 0.3 is 6.03 Å². The minimum atomic E-state index is -0.538. The van der Waals surface area contributed by atoms with Crippen molar-refractivity contribution in [3.63, 3.8) is 0 Å². The molecule has 0 aliphatic carbocycles. The van der Waals surface area contributed by atoms with Crippen LogP contribution in [0.5, 0.6) is 0 Å². The van der Waals surface area contributed by atoms with Gasteiger partial charge in [0, 0.05) is 30.4 Å². The second-order valence-electron chi connectivity index (χ2n) is 6.46. The summed E-state index contributed by atoms with van der Waals surface area (Å²) in [5, 5.41) is 5.08. The van der Waals surface area contributed by atoms with Crippen molar-refractivity contribution in [1.29, 1.82) is 0 Å². The van der Waals surface area contributed by atoms with Crippen molar-refractivity contribution in [3.8, 4) is 11.3 Å². The van der Waals surface area contributed by atoms with E-state index >= 15 is 0 Å². The van der Waals surface area contributed by atoms with Crippen molar-refractivity contribution in [1.82, 2.24) is 19.8 Å². The van der Waals surface area contributed by atoms with E-state index in [0.717, 1.165) is 34.9 Å². The largest absolute Gasteiger partial charge is 0.334 e. The molecule has 1 saturated heterocycles. The van der Waals surface area contributed by atoms with Crippen LogP contribution in [0, 0.1) is 0 Å². The lowest BCUT2D eigenvalue weighted by Gasteiger charge is -2.12. The van der Waals surface area contributed by atoms with E-state index in [1.165, 1.54) is 12.8 Å². The van der Waals surface area contributed by atoms with E-state index in [1.54, 1.807) is 12.1 Å². The Morgan fingerprint density at radius 3 is 2.69 bits per heavy atom. The fourth-order valence-electron chi connectivity index (χ4n) is 3.24. The minimum absolute atomic E-state index is 0.0601. The fraction of sp³-hybridized carbons (Fsp3) is 0.333. The molecule has 2 aliphatic rings. The SMILES string of the molecule is O=C(CN1C(=O)CNC1=O)Nc1ccc(-c2cn3c(n2)CCCC3)cc1. The molecule has 0 unspecified atom stereocenters. The molecule has 3 heterocycles. The van der Waals surface area contributed by atoms with Crippen LogP contribution in [0.25, 0.3) is 11.3 Å². The molecule has 0 saturated carbocycles. The molecule has 134 valence electrons. The third-order valence-electron chi connectivity index (χ3n) is 4.61. The average molecular weight is 353 g/mol. The number of benzene rings is 1. The summed E-state index contributed by atoms with van der Waals surface area (Å²) in [7, 11) is 0. The highest BCUT2D eigenvalue weighted by Crippen LogP contribution is 2.24. The van der Waals surface area contributed by atoms with Crippen molar-refractivity contribution < 1.29 is 14.4 Å². The highest BCUT2D eigenvalue weighted by atomic mass is 16.2. The Hall–Kier alpha value is -3.16. The van der Waals surface area contributed by atoms with Crippen molar-refractivity contribution in [2.24, 2.45) is 0 Å². The molecule has 0 bridgehead atoms. The molecule has 0 spiro atoms. The van der Waals surface area contributed by atoms with E-state index in [-0.39, 0.29) is 13.1 Å². The number of hydrogen-bond donors (Lipinski definition) is 2. The number of hydrogen-bond acceptors (Lipinski definition) is 4. The molecule has 1 aromatic heterocycles. The third kappa shape index (κ3) is 3.17. The van der Waals surface area contributed by atoms with Gasteiger partial charge in [-0.3, -0.25) is 14.5 Å². The van der Waals surface area contributed by atoms with Crippen LogP contribution in [0.3, 0.4) is 0 Å². The van der Waals surface area contributed by atoms with E-state index in [9.17, 15) is 14.4 Å². The number of aromatic nitrogens is 2. The third-order valence-corrected chi connectivity index (χ3v) is 4.61. The summed E-state index contributed by atoms with van der Waals surface area (Å²) >= 11 is 0. The topological polar surface area (TPSA) is 96.3 Å². The molecular weight excluding hydrogens is 334 g/mol. The van der Waals surface area contributed by atoms with Gasteiger partial charge in [0.15, 0.2) is 0 Å². The van der Waals surface area contributed by atoms with Crippen molar-refractivity contribution in [3.05, 3.63) is 36.3 Å². The lowest BCUT2D eigenvalue weighted by molar-refractivity contribution is -0.128. The van der Waals surface area contributed by atoms with Crippen LogP contribution in [0.15, 0.2) is 30.5 Å². The Labute approximate surface area is 150 Å². The van der Waals surface area contributed by atoms with Gasteiger partial charge in [0.1, 0.15) is 12.4 Å². The maximum Gasteiger partial charge on any atom is 0.325 e. The molecule has 4 rings (SSSR count). The van der Waals surface area contributed by atoms with Crippen LogP contribution in [0.1, 0.15) is 18.7 Å². The van der Waals surface area contributed by atoms with Gasteiger partial charge in [0.25, 0.3) is 5.91 Å². The molecule has 2 aliphatic heterocycles. The predicted molar refractivity (Wildman–Crippen MR) is 94.3 cm³/mol. The van der Waals surface area contributed by atoms with Gasteiger partial charge in [-0.2, -0.15) is 0 Å². The lowest BCUT2D eigenvalue weighted by atomic mass is 10.1. The number of rotatable bonds is 4. The molecule has 0 atom stereocenters. The van der Waals surface area contributed by atoms with Crippen LogP contribution in [0.2, 0.25) is 0 Å². The molecule has 4 amide bonds. The van der Waals surface area contributed by atoms with Gasteiger partial charge in [-0.05, 0) is 25.0 Å². The number of anilines is 1. The number of nitrogens with zero attached hydrogens (tertiary/aromatic N) is 3. The molecule has 1 fully saturated rings. The first-order valence-corrected chi connectivity index (χ1v) is 8.65. The number of carbonyl (C=O) groups excluding carboxylic acids is 3. The number of urea groups is 1. The number of aryl methyl sites for hydroxylation is 2. The highest BCUT2D eigenvalue weighted by Gasteiger charge is 2.30. The monoisotopic (exact) mass is 353 g/mol. The van der Waals surface area contributed by atoms with E-state index < -0.39 is 17.8 Å². The second-order valence-corrected chi connectivity index (χ2v) is 6.46.